The maximum absolute atomic E-state index is 5.44. The number of hydrogen-bond donors (Lipinski definition) is 0. The zero-order valence-corrected chi connectivity index (χ0v) is 8.80. The first-order chi connectivity index (χ1) is 5.70. The molecule has 0 aromatic carbocycles. The molecule has 0 fully saturated rings. The summed E-state index contributed by atoms with van der Waals surface area (Å²) in [6.07, 6.45) is 1.46. The Labute approximate surface area is 76.3 Å². The van der Waals surface area contributed by atoms with E-state index in [2.05, 4.69) is 13.8 Å². The topological polar surface area (TPSA) is 18.5 Å². The Morgan fingerprint density at radius 1 is 1.08 bits per heavy atom. The molecule has 0 spiro atoms. The lowest BCUT2D eigenvalue weighted by molar-refractivity contribution is 0.0396. The minimum Gasteiger partial charge on any atom is -0.381 e. The van der Waals surface area contributed by atoms with Gasteiger partial charge >= 0.3 is 0 Å². The van der Waals surface area contributed by atoms with E-state index in [1.165, 1.54) is 0 Å². The Bertz CT molecular complexity index is 93.8. The van der Waals surface area contributed by atoms with Crippen LogP contribution in [0.1, 0.15) is 34.1 Å². The van der Waals surface area contributed by atoms with Crippen LogP contribution in [-0.2, 0) is 9.47 Å². The van der Waals surface area contributed by atoms with Crippen molar-refractivity contribution in [2.24, 2.45) is 5.92 Å². The van der Waals surface area contributed by atoms with Gasteiger partial charge in [0.15, 0.2) is 0 Å². The van der Waals surface area contributed by atoms with E-state index in [1.807, 2.05) is 13.8 Å². The standard InChI is InChI=1S/C10H22O2/c1-5-11-8-9(3)7-10(4)12-6-2/h9-10H,5-8H2,1-4H3. The van der Waals surface area contributed by atoms with Gasteiger partial charge in [-0.1, -0.05) is 6.92 Å². The van der Waals surface area contributed by atoms with Crippen LogP contribution < -0.4 is 0 Å². The summed E-state index contributed by atoms with van der Waals surface area (Å²) < 4.78 is 10.8. The monoisotopic (exact) mass is 174 g/mol. The van der Waals surface area contributed by atoms with Crippen molar-refractivity contribution < 1.29 is 9.47 Å². The molecule has 0 bridgehead atoms. The van der Waals surface area contributed by atoms with Crippen molar-refractivity contribution >= 4 is 0 Å². The summed E-state index contributed by atoms with van der Waals surface area (Å²) in [5.41, 5.74) is 0. The number of rotatable bonds is 7. The van der Waals surface area contributed by atoms with Gasteiger partial charge in [0.2, 0.25) is 0 Å². The molecule has 74 valence electrons. The Hall–Kier alpha value is -0.0800. The molecule has 0 amide bonds. The third-order valence-electron chi connectivity index (χ3n) is 1.79. The highest BCUT2D eigenvalue weighted by Crippen LogP contribution is 2.08. The Kier molecular flexibility index (Phi) is 7.51. The van der Waals surface area contributed by atoms with Crippen LogP contribution >= 0.6 is 0 Å². The van der Waals surface area contributed by atoms with Gasteiger partial charge in [-0.05, 0) is 33.1 Å². The van der Waals surface area contributed by atoms with Crippen LogP contribution in [0.5, 0.6) is 0 Å². The van der Waals surface area contributed by atoms with Gasteiger partial charge in [0, 0.05) is 19.8 Å². The highest BCUT2D eigenvalue weighted by molar-refractivity contribution is 4.57. The summed E-state index contributed by atoms with van der Waals surface area (Å²) in [7, 11) is 0. The Balaban J connectivity index is 3.33. The minimum atomic E-state index is 0.366. The van der Waals surface area contributed by atoms with E-state index in [4.69, 9.17) is 9.47 Å². The molecule has 0 aliphatic rings. The number of ether oxygens (including phenoxy) is 2. The summed E-state index contributed by atoms with van der Waals surface area (Å²) in [5.74, 6) is 0.603. The van der Waals surface area contributed by atoms with Crippen LogP contribution in [0.4, 0.5) is 0 Å². The van der Waals surface area contributed by atoms with Gasteiger partial charge in [-0.25, -0.2) is 0 Å². The predicted molar refractivity (Wildman–Crippen MR) is 51.4 cm³/mol. The molecule has 2 nitrogen and oxygen atoms in total. The average Bonchev–Trinajstić information content (AvgIpc) is 2.01. The summed E-state index contributed by atoms with van der Waals surface area (Å²) in [4.78, 5) is 0. The molecule has 2 heteroatoms. The van der Waals surface area contributed by atoms with Crippen molar-refractivity contribution in [3.63, 3.8) is 0 Å². The summed E-state index contributed by atoms with van der Waals surface area (Å²) >= 11 is 0. The van der Waals surface area contributed by atoms with E-state index in [9.17, 15) is 0 Å². The predicted octanol–water partition coefficient (Wildman–Crippen LogP) is 2.47. The van der Waals surface area contributed by atoms with Crippen molar-refractivity contribution in [1.82, 2.24) is 0 Å². The lowest BCUT2D eigenvalue weighted by atomic mass is 10.1. The van der Waals surface area contributed by atoms with Crippen molar-refractivity contribution in [3.05, 3.63) is 0 Å². The lowest BCUT2D eigenvalue weighted by Crippen LogP contribution is -2.16. The molecule has 0 aromatic rings. The van der Waals surface area contributed by atoms with E-state index in [0.717, 1.165) is 26.2 Å². The minimum absolute atomic E-state index is 0.366. The van der Waals surface area contributed by atoms with Crippen molar-refractivity contribution in [2.45, 2.75) is 40.2 Å². The van der Waals surface area contributed by atoms with E-state index in [-0.39, 0.29) is 0 Å². The van der Waals surface area contributed by atoms with Gasteiger partial charge in [0.25, 0.3) is 0 Å². The molecule has 0 aromatic heterocycles. The van der Waals surface area contributed by atoms with Crippen molar-refractivity contribution in [2.75, 3.05) is 19.8 Å². The van der Waals surface area contributed by atoms with Crippen LogP contribution in [-0.4, -0.2) is 25.9 Å². The Morgan fingerprint density at radius 3 is 2.25 bits per heavy atom. The van der Waals surface area contributed by atoms with Gasteiger partial charge < -0.3 is 9.47 Å². The maximum Gasteiger partial charge on any atom is 0.0550 e. The molecule has 0 radical (unpaired) electrons. The second-order valence-electron chi connectivity index (χ2n) is 3.27. The Morgan fingerprint density at radius 2 is 1.75 bits per heavy atom. The zero-order chi connectivity index (χ0) is 9.40. The quantitative estimate of drug-likeness (QED) is 0.590. The smallest absolute Gasteiger partial charge is 0.0550 e. The number of hydrogen-bond acceptors (Lipinski definition) is 2. The fourth-order valence-corrected chi connectivity index (χ4v) is 1.31. The van der Waals surface area contributed by atoms with Crippen molar-refractivity contribution in [3.8, 4) is 0 Å². The molecule has 0 aliphatic carbocycles. The zero-order valence-electron chi connectivity index (χ0n) is 8.80. The van der Waals surface area contributed by atoms with E-state index in [0.29, 0.717) is 12.0 Å². The third-order valence-corrected chi connectivity index (χ3v) is 1.79. The highest BCUT2D eigenvalue weighted by Gasteiger charge is 2.07. The first-order valence-corrected chi connectivity index (χ1v) is 4.90. The summed E-state index contributed by atoms with van der Waals surface area (Å²) in [5, 5.41) is 0. The van der Waals surface area contributed by atoms with E-state index >= 15 is 0 Å². The molecular formula is C10H22O2. The van der Waals surface area contributed by atoms with Crippen LogP contribution in [0.25, 0.3) is 0 Å². The van der Waals surface area contributed by atoms with Gasteiger partial charge in [-0.15, -0.1) is 0 Å². The second kappa shape index (κ2) is 7.56. The largest absolute Gasteiger partial charge is 0.381 e. The molecule has 0 saturated carbocycles. The fourth-order valence-electron chi connectivity index (χ4n) is 1.31. The highest BCUT2D eigenvalue weighted by atomic mass is 16.5. The molecule has 0 saturated heterocycles. The molecule has 0 heterocycles. The van der Waals surface area contributed by atoms with Gasteiger partial charge in [-0.2, -0.15) is 0 Å². The molecule has 12 heavy (non-hydrogen) atoms. The molecular weight excluding hydrogens is 152 g/mol. The summed E-state index contributed by atoms with van der Waals surface area (Å²) in [6.45, 7) is 10.9. The molecule has 0 rings (SSSR count). The van der Waals surface area contributed by atoms with Gasteiger partial charge in [-0.3, -0.25) is 0 Å². The SMILES string of the molecule is CCOCC(C)CC(C)OCC. The molecule has 0 N–H and O–H groups in total. The second-order valence-corrected chi connectivity index (χ2v) is 3.27. The molecule has 2 unspecified atom stereocenters. The molecule has 0 aliphatic heterocycles. The van der Waals surface area contributed by atoms with Crippen LogP contribution in [0.15, 0.2) is 0 Å². The van der Waals surface area contributed by atoms with E-state index in [1.54, 1.807) is 0 Å². The summed E-state index contributed by atoms with van der Waals surface area (Å²) in [6, 6.07) is 0. The maximum atomic E-state index is 5.44. The van der Waals surface area contributed by atoms with Crippen molar-refractivity contribution in [1.29, 1.82) is 0 Å². The fraction of sp³-hybridized carbons (Fsp3) is 1.00. The normalized spacial score (nSPS) is 16.0. The average molecular weight is 174 g/mol. The molecule has 2 atom stereocenters. The lowest BCUT2D eigenvalue weighted by Gasteiger charge is -2.16. The third kappa shape index (κ3) is 6.62. The first-order valence-electron chi connectivity index (χ1n) is 4.90. The van der Waals surface area contributed by atoms with Gasteiger partial charge in [0.1, 0.15) is 0 Å². The van der Waals surface area contributed by atoms with Crippen LogP contribution in [0.3, 0.4) is 0 Å². The van der Waals surface area contributed by atoms with E-state index < -0.39 is 0 Å². The van der Waals surface area contributed by atoms with Gasteiger partial charge in [0.05, 0.1) is 6.10 Å². The first kappa shape index (κ1) is 11.9. The van der Waals surface area contributed by atoms with Crippen LogP contribution in [0.2, 0.25) is 0 Å². The van der Waals surface area contributed by atoms with Crippen LogP contribution in [0, 0.1) is 5.92 Å².